The highest BCUT2D eigenvalue weighted by Gasteiger charge is 2.39. The molecule has 2 aliphatic heterocycles. The zero-order chi connectivity index (χ0) is 27.6. The molecule has 3 heterocycles. The van der Waals surface area contributed by atoms with Crippen LogP contribution < -0.4 is 9.64 Å². The molecule has 8 nitrogen and oxygen atoms in total. The van der Waals surface area contributed by atoms with Crippen LogP contribution in [0.4, 0.5) is 10.6 Å². The maximum absolute atomic E-state index is 12.7. The number of carbonyl (C=O) groups excluding carboxylic acids is 2. The van der Waals surface area contributed by atoms with E-state index < -0.39 is 17.6 Å². The van der Waals surface area contributed by atoms with Gasteiger partial charge in [0.1, 0.15) is 17.5 Å². The van der Waals surface area contributed by atoms with Gasteiger partial charge in [-0.3, -0.25) is 4.79 Å². The lowest BCUT2D eigenvalue weighted by molar-refractivity contribution is -0.148. The molecule has 1 aromatic heterocycles. The Balaban J connectivity index is 1.41. The smallest absolute Gasteiger partial charge is 0.410 e. The van der Waals surface area contributed by atoms with Gasteiger partial charge >= 0.3 is 12.1 Å². The molecule has 10 heteroatoms. The number of rotatable bonds is 5. The van der Waals surface area contributed by atoms with E-state index in [2.05, 4.69) is 4.90 Å². The van der Waals surface area contributed by atoms with Gasteiger partial charge in [-0.25, -0.2) is 9.78 Å². The number of benzene rings is 1. The van der Waals surface area contributed by atoms with Crippen LogP contribution in [0.1, 0.15) is 50.7 Å². The van der Waals surface area contributed by atoms with Crippen LogP contribution in [0.3, 0.4) is 0 Å². The molecule has 0 aliphatic carbocycles. The van der Waals surface area contributed by atoms with Crippen molar-refractivity contribution in [2.24, 2.45) is 5.92 Å². The van der Waals surface area contributed by atoms with Crippen molar-refractivity contribution < 1.29 is 23.8 Å². The predicted molar refractivity (Wildman–Crippen MR) is 147 cm³/mol. The van der Waals surface area contributed by atoms with Gasteiger partial charge in [0.05, 0.1) is 29.6 Å². The molecule has 2 fully saturated rings. The number of hydrogen-bond donors (Lipinski definition) is 0. The third kappa shape index (κ3) is 6.64. The Hall–Kier alpha value is -2.71. The van der Waals surface area contributed by atoms with Crippen molar-refractivity contribution in [3.63, 3.8) is 0 Å². The maximum atomic E-state index is 12.7. The molecule has 3 atom stereocenters. The Morgan fingerprint density at radius 3 is 2.37 bits per heavy atom. The summed E-state index contributed by atoms with van der Waals surface area (Å²) < 4.78 is 16.7. The SMILES string of the molecule is COC(=O)[C@H]1CN(C(=O)OC(C)(C)C)CC[C@@H]1c1ccc(N2CC[C@@H](Oc3c(Cl)cc(C)cc3Cl)C2)nc1. The Bertz CT molecular complexity index is 1150. The molecule has 0 unspecified atom stereocenters. The fourth-order valence-electron chi connectivity index (χ4n) is 5.04. The number of pyridine rings is 1. The fourth-order valence-corrected chi connectivity index (χ4v) is 5.72. The number of anilines is 1. The van der Waals surface area contributed by atoms with E-state index in [1.807, 2.05) is 58.2 Å². The molecule has 0 spiro atoms. The number of amides is 1. The summed E-state index contributed by atoms with van der Waals surface area (Å²) in [5.74, 6) is 0.397. The van der Waals surface area contributed by atoms with Crippen molar-refractivity contribution in [3.05, 3.63) is 51.6 Å². The summed E-state index contributed by atoms with van der Waals surface area (Å²) in [6.07, 6.45) is 2.77. The standard InChI is InChI=1S/C28H35Cl2N3O5/c1-17-12-22(29)25(23(30)13-17)37-19-8-10-32(15-19)24-7-6-18(14-31-24)20-9-11-33(16-21(20)26(34)36-5)27(35)38-28(2,3)4/h6-7,12-14,19-21H,8-11,15-16H2,1-5H3/t19-,20-,21+/m1/s1. The molecule has 1 aromatic carbocycles. The highest BCUT2D eigenvalue weighted by molar-refractivity contribution is 6.37. The lowest BCUT2D eigenvalue weighted by Crippen LogP contribution is -2.47. The van der Waals surface area contributed by atoms with Gasteiger partial charge in [-0.05, 0) is 63.4 Å². The average Bonchev–Trinajstić information content (AvgIpc) is 3.33. The zero-order valence-corrected chi connectivity index (χ0v) is 24.0. The second-order valence-electron chi connectivity index (χ2n) is 10.9. The largest absolute Gasteiger partial charge is 0.485 e. The number of likely N-dealkylation sites (tertiary alicyclic amines) is 1. The van der Waals surface area contributed by atoms with Crippen molar-refractivity contribution in [1.29, 1.82) is 0 Å². The van der Waals surface area contributed by atoms with E-state index in [-0.39, 0.29) is 24.5 Å². The van der Waals surface area contributed by atoms with Gasteiger partial charge in [-0.1, -0.05) is 29.3 Å². The van der Waals surface area contributed by atoms with E-state index in [0.29, 0.717) is 35.3 Å². The Morgan fingerprint density at radius 2 is 1.76 bits per heavy atom. The molecule has 206 valence electrons. The minimum absolute atomic E-state index is 0.0601. The summed E-state index contributed by atoms with van der Waals surface area (Å²) in [4.78, 5) is 33.7. The summed E-state index contributed by atoms with van der Waals surface area (Å²) in [6, 6.07) is 7.66. The monoisotopic (exact) mass is 563 g/mol. The second kappa shape index (κ2) is 11.6. The second-order valence-corrected chi connectivity index (χ2v) is 11.7. The number of methoxy groups -OCH3 is 1. The molecule has 1 amide bonds. The number of nitrogens with zero attached hydrogens (tertiary/aromatic N) is 3. The van der Waals surface area contributed by atoms with Crippen molar-refractivity contribution >= 4 is 41.1 Å². The normalized spacial score (nSPS) is 21.8. The third-order valence-electron chi connectivity index (χ3n) is 6.86. The van der Waals surface area contributed by atoms with Gasteiger partial charge in [0.15, 0.2) is 5.75 Å². The molecule has 2 aromatic rings. The highest BCUT2D eigenvalue weighted by atomic mass is 35.5. The number of aryl methyl sites for hydroxylation is 1. The van der Waals surface area contributed by atoms with Crippen LogP contribution >= 0.6 is 23.2 Å². The molecule has 2 aliphatic rings. The van der Waals surface area contributed by atoms with Gasteiger partial charge in [0.25, 0.3) is 0 Å². The van der Waals surface area contributed by atoms with Gasteiger partial charge in [0, 0.05) is 38.2 Å². The molecule has 0 bridgehead atoms. The first-order chi connectivity index (χ1) is 17.9. The topological polar surface area (TPSA) is 81.2 Å². The summed E-state index contributed by atoms with van der Waals surface area (Å²) >= 11 is 12.7. The molecule has 0 radical (unpaired) electrons. The average molecular weight is 565 g/mol. The van der Waals surface area contributed by atoms with Crippen LogP contribution in [-0.4, -0.2) is 66.9 Å². The quantitative estimate of drug-likeness (QED) is 0.421. The minimum Gasteiger partial charge on any atom is -0.485 e. The third-order valence-corrected chi connectivity index (χ3v) is 7.42. The minimum atomic E-state index is -0.604. The van der Waals surface area contributed by atoms with Crippen molar-refractivity contribution in [3.8, 4) is 5.75 Å². The molecule has 0 N–H and O–H groups in total. The van der Waals surface area contributed by atoms with E-state index in [9.17, 15) is 9.59 Å². The van der Waals surface area contributed by atoms with E-state index in [4.69, 9.17) is 42.4 Å². The van der Waals surface area contributed by atoms with E-state index in [1.54, 1.807) is 4.90 Å². The Kier molecular flexibility index (Phi) is 8.62. The van der Waals surface area contributed by atoms with Crippen molar-refractivity contribution in [1.82, 2.24) is 9.88 Å². The van der Waals surface area contributed by atoms with E-state index in [1.165, 1.54) is 7.11 Å². The highest BCUT2D eigenvalue weighted by Crippen LogP contribution is 2.37. The van der Waals surface area contributed by atoms with Gasteiger partial charge < -0.3 is 24.0 Å². The van der Waals surface area contributed by atoms with E-state index >= 15 is 0 Å². The fraction of sp³-hybridized carbons (Fsp3) is 0.536. The summed E-state index contributed by atoms with van der Waals surface area (Å²) in [6.45, 7) is 9.58. The van der Waals surface area contributed by atoms with Gasteiger partial charge in [0.2, 0.25) is 0 Å². The van der Waals surface area contributed by atoms with E-state index in [0.717, 1.165) is 29.9 Å². The van der Waals surface area contributed by atoms with Crippen LogP contribution in [0.2, 0.25) is 10.0 Å². The molecular weight excluding hydrogens is 529 g/mol. The van der Waals surface area contributed by atoms with Crippen LogP contribution in [0.15, 0.2) is 30.5 Å². The first-order valence-electron chi connectivity index (χ1n) is 12.8. The maximum Gasteiger partial charge on any atom is 0.410 e. The number of piperidine rings is 1. The number of hydrogen-bond acceptors (Lipinski definition) is 7. The molecule has 0 saturated carbocycles. The number of ether oxygens (including phenoxy) is 3. The molecule has 38 heavy (non-hydrogen) atoms. The van der Waals surface area contributed by atoms with Crippen molar-refractivity contribution in [2.75, 3.05) is 38.2 Å². The van der Waals surface area contributed by atoms with Gasteiger partial charge in [-0.15, -0.1) is 0 Å². The number of aromatic nitrogens is 1. The van der Waals surface area contributed by atoms with Crippen LogP contribution in [0, 0.1) is 12.8 Å². The molecule has 4 rings (SSSR count). The Morgan fingerprint density at radius 1 is 1.05 bits per heavy atom. The number of halogens is 2. The summed E-state index contributed by atoms with van der Waals surface area (Å²) in [7, 11) is 1.37. The van der Waals surface area contributed by atoms with Gasteiger partial charge in [-0.2, -0.15) is 0 Å². The van der Waals surface area contributed by atoms with Crippen LogP contribution in [-0.2, 0) is 14.3 Å². The summed E-state index contributed by atoms with van der Waals surface area (Å²) in [5.41, 5.74) is 1.32. The lowest BCUT2D eigenvalue weighted by Gasteiger charge is -2.37. The Labute approximate surface area is 234 Å². The molecular formula is C28H35Cl2N3O5. The number of esters is 1. The zero-order valence-electron chi connectivity index (χ0n) is 22.5. The van der Waals surface area contributed by atoms with Crippen LogP contribution in [0.25, 0.3) is 0 Å². The van der Waals surface area contributed by atoms with Crippen LogP contribution in [0.5, 0.6) is 5.75 Å². The lowest BCUT2D eigenvalue weighted by atomic mass is 9.81. The first-order valence-corrected chi connectivity index (χ1v) is 13.6. The van der Waals surface area contributed by atoms with Crippen molar-refractivity contribution in [2.45, 2.75) is 58.2 Å². The number of carbonyl (C=O) groups is 2. The predicted octanol–water partition coefficient (Wildman–Crippen LogP) is 5.87. The molecule has 2 saturated heterocycles. The first kappa shape index (κ1) is 28.3. The summed E-state index contributed by atoms with van der Waals surface area (Å²) in [5, 5.41) is 1.02.